The summed E-state index contributed by atoms with van der Waals surface area (Å²) in [6, 6.07) is 2.64. The number of rotatable bonds is 6. The summed E-state index contributed by atoms with van der Waals surface area (Å²) < 4.78 is 0. The van der Waals surface area contributed by atoms with Crippen molar-refractivity contribution in [3.8, 4) is 0 Å². The monoisotopic (exact) mass is 296 g/mol. The van der Waals surface area contributed by atoms with Crippen LogP contribution in [0.3, 0.4) is 0 Å². The van der Waals surface area contributed by atoms with Gasteiger partial charge in [0.15, 0.2) is 0 Å². The Hall–Kier alpha value is -1.88. The number of aryl methyl sites for hydroxylation is 1. The number of carbonyl (C=O) groups is 2. The Labute approximate surface area is 125 Å². The smallest absolute Gasteiger partial charge is 0.335 e. The fraction of sp³-hybridized carbons (Fsp3) is 0.500. The fourth-order valence-electron chi connectivity index (χ4n) is 1.74. The molecule has 0 saturated carbocycles. The molecule has 0 heterocycles. The van der Waals surface area contributed by atoms with Gasteiger partial charge in [-0.25, -0.2) is 9.59 Å². The van der Waals surface area contributed by atoms with E-state index in [1.807, 2.05) is 0 Å². The molecule has 0 amide bonds. The van der Waals surface area contributed by atoms with Crippen LogP contribution in [-0.4, -0.2) is 33.9 Å². The van der Waals surface area contributed by atoms with E-state index in [-0.39, 0.29) is 11.1 Å². The highest BCUT2D eigenvalue weighted by Gasteiger charge is 2.13. The molecular weight excluding hydrogens is 272 g/mol. The van der Waals surface area contributed by atoms with Gasteiger partial charge in [0.1, 0.15) is 0 Å². The first-order valence-electron chi connectivity index (χ1n) is 7.03. The lowest BCUT2D eigenvalue weighted by Crippen LogP contribution is -2.06. The maximum atomic E-state index is 10.8. The molecule has 0 aliphatic rings. The topological polar surface area (TPSA) is 94.8 Å². The molecule has 0 bridgehead atoms. The molecule has 0 aromatic heterocycles. The van der Waals surface area contributed by atoms with Gasteiger partial charge in [-0.1, -0.05) is 26.2 Å². The number of carboxylic acids is 2. The molecule has 5 nitrogen and oxygen atoms in total. The van der Waals surface area contributed by atoms with Crippen LogP contribution in [0.1, 0.15) is 64.4 Å². The van der Waals surface area contributed by atoms with Gasteiger partial charge < -0.3 is 15.3 Å². The van der Waals surface area contributed by atoms with Crippen molar-refractivity contribution >= 4 is 11.9 Å². The molecule has 0 spiro atoms. The molecule has 21 heavy (non-hydrogen) atoms. The molecule has 0 atom stereocenters. The standard InChI is InChI=1S/C10H10O4.C6H14O/c1-5-3-7(9(11)12)4-8(6(5)2)10(13)14;1-2-3-4-5-6-7/h3-4H,1-2H3,(H,11,12)(H,13,14);7H,2-6H2,1H3. The molecule has 0 fully saturated rings. The van der Waals surface area contributed by atoms with Crippen LogP contribution >= 0.6 is 0 Å². The normalized spacial score (nSPS) is 9.71. The molecule has 3 N–H and O–H groups in total. The summed E-state index contributed by atoms with van der Waals surface area (Å²) in [7, 11) is 0. The molecule has 0 unspecified atom stereocenters. The highest BCUT2D eigenvalue weighted by Crippen LogP contribution is 2.16. The lowest BCUT2D eigenvalue weighted by atomic mass is 10.00. The molecular formula is C16H24O5. The molecule has 1 rings (SSSR count). The fourth-order valence-corrected chi connectivity index (χ4v) is 1.74. The van der Waals surface area contributed by atoms with Crippen LogP contribution in [0.25, 0.3) is 0 Å². The van der Waals surface area contributed by atoms with E-state index in [2.05, 4.69) is 6.92 Å². The number of carboxylic acid groups (broad SMARTS) is 2. The van der Waals surface area contributed by atoms with Crippen molar-refractivity contribution in [1.29, 1.82) is 0 Å². The summed E-state index contributed by atoms with van der Waals surface area (Å²) >= 11 is 0. The van der Waals surface area contributed by atoms with E-state index in [1.165, 1.54) is 31.4 Å². The van der Waals surface area contributed by atoms with Crippen molar-refractivity contribution in [2.75, 3.05) is 6.61 Å². The number of aromatic carboxylic acids is 2. The lowest BCUT2D eigenvalue weighted by molar-refractivity contribution is 0.0695. The SMILES string of the molecule is CCCCCCO.Cc1cc(C(=O)O)cc(C(=O)O)c1C. The molecule has 0 aliphatic carbocycles. The van der Waals surface area contributed by atoms with Gasteiger partial charge in [0.05, 0.1) is 11.1 Å². The zero-order chi connectivity index (χ0) is 16.4. The van der Waals surface area contributed by atoms with E-state index < -0.39 is 11.9 Å². The van der Waals surface area contributed by atoms with Crippen LogP contribution in [0.4, 0.5) is 0 Å². The zero-order valence-electron chi connectivity index (χ0n) is 12.8. The second-order valence-corrected chi connectivity index (χ2v) is 4.86. The van der Waals surface area contributed by atoms with E-state index >= 15 is 0 Å². The Morgan fingerprint density at radius 3 is 2.05 bits per heavy atom. The molecule has 1 aromatic rings. The summed E-state index contributed by atoms with van der Waals surface area (Å²) in [5, 5.41) is 25.8. The summed E-state index contributed by atoms with van der Waals surface area (Å²) in [6.45, 7) is 5.87. The van der Waals surface area contributed by atoms with Crippen LogP contribution in [0.2, 0.25) is 0 Å². The van der Waals surface area contributed by atoms with Gasteiger partial charge in [-0.2, -0.15) is 0 Å². The first-order valence-corrected chi connectivity index (χ1v) is 7.03. The van der Waals surface area contributed by atoms with Crippen molar-refractivity contribution in [3.63, 3.8) is 0 Å². The number of aliphatic hydroxyl groups is 1. The van der Waals surface area contributed by atoms with Crippen LogP contribution in [0.5, 0.6) is 0 Å². The van der Waals surface area contributed by atoms with Crippen LogP contribution in [0, 0.1) is 13.8 Å². The van der Waals surface area contributed by atoms with E-state index in [4.69, 9.17) is 15.3 Å². The largest absolute Gasteiger partial charge is 0.478 e. The van der Waals surface area contributed by atoms with Gasteiger partial charge in [0.2, 0.25) is 0 Å². The molecule has 5 heteroatoms. The third-order valence-electron chi connectivity index (χ3n) is 3.16. The molecule has 1 aromatic carbocycles. The van der Waals surface area contributed by atoms with Crippen molar-refractivity contribution in [3.05, 3.63) is 34.4 Å². The highest BCUT2D eigenvalue weighted by atomic mass is 16.4. The van der Waals surface area contributed by atoms with Gasteiger partial charge in [-0.15, -0.1) is 0 Å². The maximum Gasteiger partial charge on any atom is 0.335 e. The van der Waals surface area contributed by atoms with E-state index in [0.717, 1.165) is 6.42 Å². The summed E-state index contributed by atoms with van der Waals surface area (Å²) in [5.74, 6) is -2.22. The zero-order valence-corrected chi connectivity index (χ0v) is 12.8. The third-order valence-corrected chi connectivity index (χ3v) is 3.16. The minimum absolute atomic E-state index is 0.00509. The van der Waals surface area contributed by atoms with Gasteiger partial charge in [-0.05, 0) is 43.5 Å². The third kappa shape index (κ3) is 6.90. The quantitative estimate of drug-likeness (QED) is 0.700. The van der Waals surface area contributed by atoms with Gasteiger partial charge in [0.25, 0.3) is 0 Å². The molecule has 118 valence electrons. The average Bonchev–Trinajstić information content (AvgIpc) is 2.42. The van der Waals surface area contributed by atoms with Gasteiger partial charge >= 0.3 is 11.9 Å². The van der Waals surface area contributed by atoms with E-state index in [1.54, 1.807) is 13.8 Å². The Morgan fingerprint density at radius 1 is 1.00 bits per heavy atom. The van der Waals surface area contributed by atoms with Crippen LogP contribution in [-0.2, 0) is 0 Å². The number of benzene rings is 1. The van der Waals surface area contributed by atoms with Crippen molar-refractivity contribution in [2.45, 2.75) is 46.5 Å². The van der Waals surface area contributed by atoms with E-state index in [9.17, 15) is 9.59 Å². The summed E-state index contributed by atoms with van der Waals surface area (Å²) in [5.41, 5.74) is 1.32. The first-order chi connectivity index (χ1) is 9.84. The van der Waals surface area contributed by atoms with Crippen LogP contribution in [0.15, 0.2) is 12.1 Å². The number of hydrogen-bond acceptors (Lipinski definition) is 3. The molecule has 0 aliphatic heterocycles. The number of unbranched alkanes of at least 4 members (excludes halogenated alkanes) is 3. The lowest BCUT2D eigenvalue weighted by Gasteiger charge is -2.06. The Morgan fingerprint density at radius 2 is 1.62 bits per heavy atom. The van der Waals surface area contributed by atoms with Crippen molar-refractivity contribution < 1.29 is 24.9 Å². The maximum absolute atomic E-state index is 10.8. The Kier molecular flexibility index (Phi) is 9.05. The minimum Gasteiger partial charge on any atom is -0.478 e. The predicted octanol–water partition coefficient (Wildman–Crippen LogP) is 3.26. The van der Waals surface area contributed by atoms with Gasteiger partial charge in [-0.3, -0.25) is 0 Å². The van der Waals surface area contributed by atoms with Crippen molar-refractivity contribution in [2.24, 2.45) is 0 Å². The van der Waals surface area contributed by atoms with Crippen molar-refractivity contribution in [1.82, 2.24) is 0 Å². The van der Waals surface area contributed by atoms with Gasteiger partial charge in [0, 0.05) is 6.61 Å². The second-order valence-electron chi connectivity index (χ2n) is 4.86. The summed E-state index contributed by atoms with van der Waals surface area (Å²) in [4.78, 5) is 21.4. The number of aliphatic hydroxyl groups excluding tert-OH is 1. The Bertz CT molecular complexity index is 476. The predicted molar refractivity (Wildman–Crippen MR) is 81.1 cm³/mol. The number of hydrogen-bond donors (Lipinski definition) is 3. The van der Waals surface area contributed by atoms with E-state index in [0.29, 0.717) is 17.7 Å². The first kappa shape index (κ1) is 19.1. The second kappa shape index (κ2) is 9.94. The van der Waals surface area contributed by atoms with Crippen LogP contribution < -0.4 is 0 Å². The minimum atomic E-state index is -1.12. The highest BCUT2D eigenvalue weighted by molar-refractivity contribution is 5.95. The Balaban J connectivity index is 0.000000486. The average molecular weight is 296 g/mol. The summed E-state index contributed by atoms with van der Waals surface area (Å²) in [6.07, 6.45) is 4.68. The molecule has 0 saturated heterocycles. The molecule has 0 radical (unpaired) electrons.